The van der Waals surface area contributed by atoms with E-state index in [1.807, 2.05) is 18.3 Å². The summed E-state index contributed by atoms with van der Waals surface area (Å²) >= 11 is 0. The standard InChI is InChI=1S/C30H37F3N6/c1-6-21-9-12-23(29(2,3)4)16-24(21)35-27-25-26(34-18-38(25)5)36-28(37-27)39-14-13-20(17-39)15-19-7-10-22(11-8-19)30(31,32)33/h7-12,16,18,20,25-26H,6,13-15,17H2,1-5H3,(H,35,36,37). The maximum absolute atomic E-state index is 12.9. The number of halogens is 3. The summed E-state index contributed by atoms with van der Waals surface area (Å²) in [5.74, 6) is 1.82. The van der Waals surface area contributed by atoms with Gasteiger partial charge in [0.05, 0.1) is 11.9 Å². The number of hydrogen-bond acceptors (Lipinski definition) is 6. The number of hydrogen-bond donors (Lipinski definition) is 1. The maximum Gasteiger partial charge on any atom is 0.416 e. The monoisotopic (exact) mass is 538 g/mol. The van der Waals surface area contributed by atoms with E-state index < -0.39 is 11.7 Å². The second-order valence-electron chi connectivity index (χ2n) is 11.8. The van der Waals surface area contributed by atoms with Crippen molar-refractivity contribution in [3.05, 3.63) is 64.7 Å². The summed E-state index contributed by atoms with van der Waals surface area (Å²) in [7, 11) is 1.99. The molecule has 1 saturated heterocycles. The fraction of sp³-hybridized carbons (Fsp3) is 0.500. The number of likely N-dealkylation sites (N-methyl/N-ethyl adjacent to an activating group) is 1. The Morgan fingerprint density at radius 3 is 2.41 bits per heavy atom. The lowest BCUT2D eigenvalue weighted by atomic mass is 9.86. The van der Waals surface area contributed by atoms with E-state index in [1.165, 1.54) is 23.3 Å². The van der Waals surface area contributed by atoms with E-state index >= 15 is 0 Å². The summed E-state index contributed by atoms with van der Waals surface area (Å²) in [5.41, 5.74) is 3.87. The number of aryl methyl sites for hydroxylation is 1. The number of likely N-dealkylation sites (tertiary alicyclic amines) is 1. The zero-order valence-electron chi connectivity index (χ0n) is 23.3. The van der Waals surface area contributed by atoms with Gasteiger partial charge in [0, 0.05) is 25.8 Å². The predicted octanol–water partition coefficient (Wildman–Crippen LogP) is 5.98. The minimum Gasteiger partial charge on any atom is -0.352 e. The smallest absolute Gasteiger partial charge is 0.352 e. The highest BCUT2D eigenvalue weighted by atomic mass is 19.4. The van der Waals surface area contributed by atoms with E-state index in [-0.39, 0.29) is 17.6 Å². The van der Waals surface area contributed by atoms with Gasteiger partial charge in [0.25, 0.3) is 0 Å². The number of nitrogens with one attached hydrogen (secondary N) is 1. The highest BCUT2D eigenvalue weighted by molar-refractivity contribution is 6.09. The second kappa shape index (κ2) is 10.3. The van der Waals surface area contributed by atoms with Crippen molar-refractivity contribution in [3.8, 4) is 0 Å². The number of amidine groups is 1. The minimum absolute atomic E-state index is 0.0249. The molecule has 208 valence electrons. The molecule has 0 saturated carbocycles. The first kappa shape index (κ1) is 27.2. The number of anilines is 1. The predicted molar refractivity (Wildman–Crippen MR) is 152 cm³/mol. The molecular weight excluding hydrogens is 501 g/mol. The molecule has 3 atom stereocenters. The molecule has 3 unspecified atom stereocenters. The van der Waals surface area contributed by atoms with Crippen LogP contribution in [0.25, 0.3) is 0 Å². The lowest BCUT2D eigenvalue weighted by molar-refractivity contribution is -0.137. The first-order valence-corrected chi connectivity index (χ1v) is 13.7. The summed E-state index contributed by atoms with van der Waals surface area (Å²) in [6.45, 7) is 10.4. The third-order valence-electron chi connectivity index (χ3n) is 7.86. The summed E-state index contributed by atoms with van der Waals surface area (Å²) in [6.07, 6.45) is -0.199. The van der Waals surface area contributed by atoms with Gasteiger partial charge < -0.3 is 15.1 Å². The van der Waals surface area contributed by atoms with Crippen LogP contribution < -0.4 is 5.32 Å². The second-order valence-corrected chi connectivity index (χ2v) is 11.8. The Kier molecular flexibility index (Phi) is 7.20. The molecule has 0 amide bonds. The number of nitrogens with zero attached hydrogens (tertiary/aromatic N) is 5. The molecule has 39 heavy (non-hydrogen) atoms. The normalized spacial score (nSPS) is 23.1. The molecular formula is C30H37F3N6. The first-order chi connectivity index (χ1) is 18.4. The Balaban J connectivity index is 1.35. The molecule has 0 bridgehead atoms. The van der Waals surface area contributed by atoms with Gasteiger partial charge in [-0.25, -0.2) is 9.98 Å². The van der Waals surface area contributed by atoms with Gasteiger partial charge in [-0.05, 0) is 65.5 Å². The molecule has 0 spiro atoms. The number of aliphatic imine (C=N–C) groups is 3. The summed E-state index contributed by atoms with van der Waals surface area (Å²) < 4.78 is 38.8. The van der Waals surface area contributed by atoms with Crippen molar-refractivity contribution in [2.75, 3.05) is 25.5 Å². The van der Waals surface area contributed by atoms with Crippen molar-refractivity contribution in [2.45, 2.75) is 70.8 Å². The van der Waals surface area contributed by atoms with E-state index in [2.05, 4.69) is 61.1 Å². The van der Waals surface area contributed by atoms with Gasteiger partial charge >= 0.3 is 6.18 Å². The Hall–Kier alpha value is -3.36. The van der Waals surface area contributed by atoms with Gasteiger partial charge in [0.1, 0.15) is 11.9 Å². The highest BCUT2D eigenvalue weighted by Gasteiger charge is 2.39. The largest absolute Gasteiger partial charge is 0.416 e. The lowest BCUT2D eigenvalue weighted by Crippen LogP contribution is -2.48. The van der Waals surface area contributed by atoms with Crippen LogP contribution in [0.3, 0.4) is 0 Å². The third kappa shape index (κ3) is 5.82. The minimum atomic E-state index is -4.31. The highest BCUT2D eigenvalue weighted by Crippen LogP contribution is 2.32. The zero-order chi connectivity index (χ0) is 27.9. The van der Waals surface area contributed by atoms with Crippen LogP contribution in [-0.4, -0.2) is 60.3 Å². The van der Waals surface area contributed by atoms with Crippen LogP contribution in [0.5, 0.6) is 0 Å². The van der Waals surface area contributed by atoms with Crippen LogP contribution in [0.1, 0.15) is 56.4 Å². The van der Waals surface area contributed by atoms with Crippen molar-refractivity contribution in [1.82, 2.24) is 9.80 Å². The van der Waals surface area contributed by atoms with E-state index in [0.29, 0.717) is 11.9 Å². The Morgan fingerprint density at radius 2 is 1.74 bits per heavy atom. The average Bonchev–Trinajstić information content (AvgIpc) is 3.50. The van der Waals surface area contributed by atoms with Crippen molar-refractivity contribution in [2.24, 2.45) is 20.9 Å². The molecule has 1 fully saturated rings. The van der Waals surface area contributed by atoms with Gasteiger partial charge in [-0.3, -0.25) is 0 Å². The van der Waals surface area contributed by atoms with Gasteiger partial charge in [-0.2, -0.15) is 18.2 Å². The quantitative estimate of drug-likeness (QED) is 0.521. The summed E-state index contributed by atoms with van der Waals surface area (Å²) in [4.78, 5) is 18.8. The molecule has 3 aliphatic heterocycles. The number of fused-ring (bicyclic) bond motifs is 1. The van der Waals surface area contributed by atoms with Crippen LogP contribution in [0.15, 0.2) is 57.4 Å². The van der Waals surface area contributed by atoms with Crippen molar-refractivity contribution in [3.63, 3.8) is 0 Å². The van der Waals surface area contributed by atoms with Gasteiger partial charge in [0.15, 0.2) is 6.17 Å². The van der Waals surface area contributed by atoms with E-state index in [0.717, 1.165) is 49.4 Å². The molecule has 1 N–H and O–H groups in total. The molecule has 3 aliphatic rings. The van der Waals surface area contributed by atoms with Gasteiger partial charge in [0.2, 0.25) is 5.96 Å². The van der Waals surface area contributed by atoms with Crippen LogP contribution >= 0.6 is 0 Å². The number of alkyl halides is 3. The SMILES string of the molecule is CCc1ccc(C(C)(C)C)cc1NC1=NC(N2CCC(Cc3ccc(C(F)(F)F)cc3)C2)=NC2N=CN(C)C12. The summed E-state index contributed by atoms with van der Waals surface area (Å²) in [6, 6.07) is 12.1. The van der Waals surface area contributed by atoms with E-state index in [1.54, 1.807) is 12.1 Å². The molecule has 0 aliphatic carbocycles. The maximum atomic E-state index is 12.9. The van der Waals surface area contributed by atoms with Gasteiger partial charge in [-0.15, -0.1) is 0 Å². The lowest BCUT2D eigenvalue weighted by Gasteiger charge is -2.31. The Bertz CT molecular complexity index is 1290. The van der Waals surface area contributed by atoms with Crippen molar-refractivity contribution < 1.29 is 13.2 Å². The van der Waals surface area contributed by atoms with E-state index in [4.69, 9.17) is 9.98 Å². The number of guanidine groups is 1. The first-order valence-electron chi connectivity index (χ1n) is 13.7. The number of benzene rings is 2. The molecule has 2 aromatic rings. The molecule has 6 nitrogen and oxygen atoms in total. The fourth-order valence-electron chi connectivity index (χ4n) is 5.50. The molecule has 2 aromatic carbocycles. The molecule has 9 heteroatoms. The van der Waals surface area contributed by atoms with Crippen LogP contribution in [0.2, 0.25) is 0 Å². The molecule has 3 heterocycles. The molecule has 0 radical (unpaired) electrons. The van der Waals surface area contributed by atoms with Crippen LogP contribution in [0.4, 0.5) is 18.9 Å². The zero-order valence-corrected chi connectivity index (χ0v) is 23.3. The topological polar surface area (TPSA) is 55.6 Å². The Labute approximate surface area is 228 Å². The molecule has 5 rings (SSSR count). The number of rotatable bonds is 4. The van der Waals surface area contributed by atoms with Crippen LogP contribution in [-0.2, 0) is 24.4 Å². The van der Waals surface area contributed by atoms with Crippen LogP contribution in [0, 0.1) is 5.92 Å². The molecule has 0 aromatic heterocycles. The van der Waals surface area contributed by atoms with Crippen molar-refractivity contribution in [1.29, 1.82) is 0 Å². The summed E-state index contributed by atoms with van der Waals surface area (Å²) in [5, 5.41) is 3.67. The Morgan fingerprint density at radius 1 is 1.03 bits per heavy atom. The van der Waals surface area contributed by atoms with Crippen molar-refractivity contribution >= 4 is 23.8 Å². The van der Waals surface area contributed by atoms with E-state index in [9.17, 15) is 13.2 Å². The average molecular weight is 539 g/mol. The van der Waals surface area contributed by atoms with Gasteiger partial charge in [-0.1, -0.05) is 52.0 Å². The fourth-order valence-corrected chi connectivity index (χ4v) is 5.50. The third-order valence-corrected chi connectivity index (χ3v) is 7.86.